The molecule has 0 saturated carbocycles. The van der Waals surface area contributed by atoms with E-state index in [1.807, 2.05) is 18.2 Å². The molecule has 1 saturated heterocycles. The summed E-state index contributed by atoms with van der Waals surface area (Å²) in [5, 5.41) is 13.5. The van der Waals surface area contributed by atoms with Gasteiger partial charge >= 0.3 is 5.97 Å². The predicted molar refractivity (Wildman–Crippen MR) is 96.9 cm³/mol. The Morgan fingerprint density at radius 3 is 2.96 bits per heavy atom. The average Bonchev–Trinajstić information content (AvgIpc) is 3.09. The van der Waals surface area contributed by atoms with Crippen molar-refractivity contribution in [1.29, 1.82) is 0 Å². The molecule has 0 radical (unpaired) electrons. The van der Waals surface area contributed by atoms with Crippen molar-refractivity contribution in [2.75, 3.05) is 18.4 Å². The van der Waals surface area contributed by atoms with E-state index in [1.165, 1.54) is 6.42 Å². The normalized spacial score (nSPS) is 18.0. The second-order valence-electron chi connectivity index (χ2n) is 6.07. The lowest BCUT2D eigenvalue weighted by molar-refractivity contribution is -0.116. The number of carbonyl (C=O) groups is 2. The lowest BCUT2D eigenvalue weighted by atomic mass is 9.98. The Bertz CT molecular complexity index is 732. The first-order valence-corrected chi connectivity index (χ1v) is 9.28. The minimum atomic E-state index is -1.02. The highest BCUT2D eigenvalue weighted by molar-refractivity contribution is 7.12. The number of anilines is 1. The molecule has 1 fully saturated rings. The van der Waals surface area contributed by atoms with Crippen LogP contribution in [0.1, 0.15) is 47.1 Å². The molecule has 0 spiro atoms. The third-order valence-corrected chi connectivity index (χ3v) is 5.30. The van der Waals surface area contributed by atoms with Crippen LogP contribution in [-0.4, -0.2) is 40.0 Å². The lowest BCUT2D eigenvalue weighted by Gasteiger charge is -2.35. The Morgan fingerprint density at radius 1 is 1.32 bits per heavy atom. The smallest absolute Gasteiger partial charge is 0.348 e. The van der Waals surface area contributed by atoms with Gasteiger partial charge in [0.2, 0.25) is 5.91 Å². The van der Waals surface area contributed by atoms with Gasteiger partial charge in [0.25, 0.3) is 0 Å². The largest absolute Gasteiger partial charge is 0.477 e. The molecule has 7 heteroatoms. The second kappa shape index (κ2) is 8.22. The van der Waals surface area contributed by atoms with Gasteiger partial charge in [0.1, 0.15) is 4.88 Å². The number of aromatic nitrogens is 1. The fourth-order valence-corrected chi connectivity index (χ4v) is 3.88. The monoisotopic (exact) mass is 359 g/mol. The molecule has 0 unspecified atom stereocenters. The van der Waals surface area contributed by atoms with Gasteiger partial charge in [-0.15, -0.1) is 11.3 Å². The first-order valence-electron chi connectivity index (χ1n) is 8.41. The van der Waals surface area contributed by atoms with Crippen LogP contribution in [0.15, 0.2) is 35.8 Å². The fraction of sp³-hybridized carbons (Fsp3) is 0.389. The standard InChI is InChI=1S/C18H21N3O3S/c22-16(20-14-8-12-25-17(14)18(23)24)7-11-21-10-4-2-6-15(21)13-5-1-3-9-19-13/h1,3,5,8-9,12,15H,2,4,6-7,10-11H2,(H,20,22)(H,23,24)/t15-/m1/s1. The molecule has 2 aromatic rings. The van der Waals surface area contributed by atoms with Crippen molar-refractivity contribution >= 4 is 28.9 Å². The van der Waals surface area contributed by atoms with E-state index in [0.29, 0.717) is 18.7 Å². The second-order valence-corrected chi connectivity index (χ2v) is 6.98. The summed E-state index contributed by atoms with van der Waals surface area (Å²) in [5.74, 6) is -1.18. The van der Waals surface area contributed by atoms with Crippen molar-refractivity contribution in [3.8, 4) is 0 Å². The van der Waals surface area contributed by atoms with Gasteiger partial charge in [-0.05, 0) is 43.0 Å². The van der Waals surface area contributed by atoms with Crippen LogP contribution in [0, 0.1) is 0 Å². The van der Waals surface area contributed by atoms with E-state index in [9.17, 15) is 9.59 Å². The molecule has 0 aliphatic carbocycles. The molecular weight excluding hydrogens is 338 g/mol. The zero-order valence-corrected chi connectivity index (χ0v) is 14.7. The summed E-state index contributed by atoms with van der Waals surface area (Å²) >= 11 is 1.11. The van der Waals surface area contributed by atoms with Crippen LogP contribution in [0.3, 0.4) is 0 Å². The fourth-order valence-electron chi connectivity index (χ4n) is 3.20. The molecule has 6 nitrogen and oxygen atoms in total. The predicted octanol–water partition coefficient (Wildman–Crippen LogP) is 3.40. The summed E-state index contributed by atoms with van der Waals surface area (Å²) in [6.07, 6.45) is 5.48. The highest BCUT2D eigenvalue weighted by Gasteiger charge is 2.25. The topological polar surface area (TPSA) is 82.5 Å². The van der Waals surface area contributed by atoms with E-state index in [-0.39, 0.29) is 16.8 Å². The third-order valence-electron chi connectivity index (χ3n) is 4.40. The van der Waals surface area contributed by atoms with Crippen LogP contribution in [-0.2, 0) is 4.79 Å². The molecule has 3 heterocycles. The SMILES string of the molecule is O=C(CCN1CCCC[C@@H]1c1ccccn1)Nc1ccsc1C(=O)O. The number of hydrogen-bond donors (Lipinski definition) is 2. The molecule has 1 atom stereocenters. The molecule has 3 rings (SSSR count). The Morgan fingerprint density at radius 2 is 2.20 bits per heavy atom. The number of likely N-dealkylation sites (tertiary alicyclic amines) is 1. The van der Waals surface area contributed by atoms with Crippen molar-refractivity contribution < 1.29 is 14.7 Å². The van der Waals surface area contributed by atoms with Crippen LogP contribution >= 0.6 is 11.3 Å². The molecule has 1 aliphatic rings. The van der Waals surface area contributed by atoms with Gasteiger partial charge in [0, 0.05) is 19.2 Å². The summed E-state index contributed by atoms with van der Waals surface area (Å²) in [5.41, 5.74) is 1.43. The Labute approximate surface area is 150 Å². The number of rotatable bonds is 6. The Balaban J connectivity index is 1.58. The van der Waals surface area contributed by atoms with E-state index in [1.54, 1.807) is 17.6 Å². The van der Waals surface area contributed by atoms with E-state index >= 15 is 0 Å². The summed E-state index contributed by atoms with van der Waals surface area (Å²) in [7, 11) is 0. The first-order chi connectivity index (χ1) is 12.1. The number of piperidine rings is 1. The Kier molecular flexibility index (Phi) is 5.78. The minimum Gasteiger partial charge on any atom is -0.477 e. The molecule has 132 valence electrons. The molecule has 1 aliphatic heterocycles. The molecule has 0 aromatic carbocycles. The van der Waals surface area contributed by atoms with Crippen molar-refractivity contribution in [2.45, 2.75) is 31.7 Å². The molecular formula is C18H21N3O3S. The van der Waals surface area contributed by atoms with Gasteiger partial charge in [-0.1, -0.05) is 12.5 Å². The van der Waals surface area contributed by atoms with E-state index < -0.39 is 5.97 Å². The maximum atomic E-state index is 12.2. The minimum absolute atomic E-state index is 0.161. The van der Waals surface area contributed by atoms with Crippen molar-refractivity contribution in [3.05, 3.63) is 46.4 Å². The number of thiophene rings is 1. The number of amides is 1. The molecule has 25 heavy (non-hydrogen) atoms. The van der Waals surface area contributed by atoms with Gasteiger partial charge in [0.15, 0.2) is 0 Å². The molecule has 2 aromatic heterocycles. The average molecular weight is 359 g/mol. The number of carboxylic acids is 1. The van der Waals surface area contributed by atoms with Crippen LogP contribution in [0.25, 0.3) is 0 Å². The van der Waals surface area contributed by atoms with E-state index in [2.05, 4.69) is 15.2 Å². The van der Waals surface area contributed by atoms with Crippen molar-refractivity contribution in [3.63, 3.8) is 0 Å². The summed E-state index contributed by atoms with van der Waals surface area (Å²) in [6.45, 7) is 1.59. The highest BCUT2D eigenvalue weighted by Crippen LogP contribution is 2.29. The van der Waals surface area contributed by atoms with Crippen LogP contribution in [0.5, 0.6) is 0 Å². The third kappa shape index (κ3) is 4.43. The number of nitrogens with zero attached hydrogens (tertiary/aromatic N) is 2. The molecule has 1 amide bonds. The lowest BCUT2D eigenvalue weighted by Crippen LogP contribution is -2.36. The Hall–Kier alpha value is -2.25. The van der Waals surface area contributed by atoms with E-state index in [4.69, 9.17) is 5.11 Å². The summed E-state index contributed by atoms with van der Waals surface area (Å²) < 4.78 is 0. The van der Waals surface area contributed by atoms with Gasteiger partial charge in [-0.3, -0.25) is 14.7 Å². The van der Waals surface area contributed by atoms with Crippen molar-refractivity contribution in [2.24, 2.45) is 0 Å². The zero-order valence-electron chi connectivity index (χ0n) is 13.9. The highest BCUT2D eigenvalue weighted by atomic mass is 32.1. The number of aromatic carboxylic acids is 1. The quantitative estimate of drug-likeness (QED) is 0.826. The van der Waals surface area contributed by atoms with Crippen LogP contribution < -0.4 is 5.32 Å². The number of carbonyl (C=O) groups excluding carboxylic acids is 1. The zero-order chi connectivity index (χ0) is 17.6. The van der Waals surface area contributed by atoms with Crippen LogP contribution in [0.2, 0.25) is 0 Å². The number of hydrogen-bond acceptors (Lipinski definition) is 5. The van der Waals surface area contributed by atoms with Gasteiger partial charge < -0.3 is 10.4 Å². The number of pyridine rings is 1. The maximum Gasteiger partial charge on any atom is 0.348 e. The maximum absolute atomic E-state index is 12.2. The molecule has 2 N–H and O–H groups in total. The van der Waals surface area contributed by atoms with Gasteiger partial charge in [-0.2, -0.15) is 0 Å². The van der Waals surface area contributed by atoms with Crippen molar-refractivity contribution in [1.82, 2.24) is 9.88 Å². The molecule has 0 bridgehead atoms. The number of carboxylic acid groups (broad SMARTS) is 1. The van der Waals surface area contributed by atoms with Gasteiger partial charge in [0.05, 0.1) is 17.4 Å². The van der Waals surface area contributed by atoms with E-state index in [0.717, 1.165) is 36.4 Å². The summed E-state index contributed by atoms with van der Waals surface area (Å²) in [6, 6.07) is 7.81. The van der Waals surface area contributed by atoms with Crippen LogP contribution in [0.4, 0.5) is 5.69 Å². The summed E-state index contributed by atoms with van der Waals surface area (Å²) in [4.78, 5) is 30.3. The number of nitrogens with one attached hydrogen (secondary N) is 1. The van der Waals surface area contributed by atoms with Gasteiger partial charge in [-0.25, -0.2) is 4.79 Å². The first kappa shape index (κ1) is 17.6.